The Hall–Kier alpha value is -0.220. The van der Waals surface area contributed by atoms with Crippen molar-refractivity contribution < 1.29 is 8.78 Å². The second kappa shape index (κ2) is 12.3. The van der Waals surface area contributed by atoms with Crippen LogP contribution in [0.2, 0.25) is 0 Å². The van der Waals surface area contributed by atoms with Gasteiger partial charge in [0.1, 0.15) is 12.3 Å². The predicted molar refractivity (Wildman–Crippen MR) is 126 cm³/mol. The van der Waals surface area contributed by atoms with Crippen LogP contribution in [0.3, 0.4) is 0 Å². The molecule has 1 aliphatic heterocycles. The smallest absolute Gasteiger partial charge is 0.131 e. The van der Waals surface area contributed by atoms with E-state index < -0.39 is 12.3 Å². The molecule has 0 aromatic heterocycles. The van der Waals surface area contributed by atoms with Crippen molar-refractivity contribution in [2.24, 2.45) is 23.7 Å². The first-order valence-electron chi connectivity index (χ1n) is 13.9. The number of nitrogens with one attached hydrogen (secondary N) is 1. The van der Waals surface area contributed by atoms with Gasteiger partial charge in [0.05, 0.1) is 0 Å². The molecule has 0 amide bonds. The van der Waals surface area contributed by atoms with Crippen LogP contribution in [-0.4, -0.2) is 49.5 Å². The lowest BCUT2D eigenvalue weighted by Gasteiger charge is -2.39. The average molecular weight is 439 g/mol. The van der Waals surface area contributed by atoms with Gasteiger partial charge in [0.15, 0.2) is 0 Å². The third kappa shape index (κ3) is 7.13. The number of halogens is 2. The minimum absolute atomic E-state index is 0.368. The Bertz CT molecular complexity index is 477. The second-order valence-corrected chi connectivity index (χ2v) is 11.5. The summed E-state index contributed by atoms with van der Waals surface area (Å²) in [7, 11) is 0. The molecule has 3 saturated carbocycles. The topological polar surface area (TPSA) is 15.3 Å². The molecule has 4 aliphatic rings. The SMILES string of the molecule is FC1CCC(CN2CCC(CCNC(C3CCCCC3)C3CCCCC3)CC2)CC1F. The number of alkyl halides is 2. The zero-order valence-electron chi connectivity index (χ0n) is 19.9. The molecule has 4 rings (SSSR count). The third-order valence-electron chi connectivity index (χ3n) is 9.27. The van der Waals surface area contributed by atoms with E-state index in [4.69, 9.17) is 0 Å². The monoisotopic (exact) mass is 438 g/mol. The molecule has 0 bridgehead atoms. The molecule has 3 atom stereocenters. The van der Waals surface area contributed by atoms with Crippen LogP contribution in [0.4, 0.5) is 8.78 Å². The standard InChI is InChI=1S/C27H48F2N2/c28-25-12-11-22(19-26(25)29)20-31-17-14-21(15-18-31)13-16-30-27(23-7-3-1-4-8-23)24-9-5-2-6-10-24/h21-27,30H,1-20H2. The lowest BCUT2D eigenvalue weighted by Crippen LogP contribution is -2.45. The van der Waals surface area contributed by atoms with E-state index in [-0.39, 0.29) is 0 Å². The van der Waals surface area contributed by atoms with Gasteiger partial charge in [0.2, 0.25) is 0 Å². The van der Waals surface area contributed by atoms with Gasteiger partial charge in [0, 0.05) is 12.6 Å². The molecule has 4 heteroatoms. The number of piperidine rings is 1. The highest BCUT2D eigenvalue weighted by molar-refractivity contribution is 4.87. The van der Waals surface area contributed by atoms with Crippen LogP contribution < -0.4 is 5.32 Å². The lowest BCUT2D eigenvalue weighted by molar-refractivity contribution is 0.0650. The summed E-state index contributed by atoms with van der Waals surface area (Å²) in [4.78, 5) is 2.53. The van der Waals surface area contributed by atoms with Crippen LogP contribution in [0.15, 0.2) is 0 Å². The first-order chi connectivity index (χ1) is 15.2. The largest absolute Gasteiger partial charge is 0.313 e. The summed E-state index contributed by atoms with van der Waals surface area (Å²) in [5, 5.41) is 4.10. The van der Waals surface area contributed by atoms with Crippen molar-refractivity contribution in [1.29, 1.82) is 0 Å². The molecule has 0 aromatic carbocycles. The van der Waals surface area contributed by atoms with Gasteiger partial charge >= 0.3 is 0 Å². The summed E-state index contributed by atoms with van der Waals surface area (Å²) < 4.78 is 27.1. The van der Waals surface area contributed by atoms with Crippen molar-refractivity contribution in [3.63, 3.8) is 0 Å². The first-order valence-corrected chi connectivity index (χ1v) is 13.9. The van der Waals surface area contributed by atoms with Crippen molar-refractivity contribution in [2.45, 2.75) is 121 Å². The van der Waals surface area contributed by atoms with E-state index in [1.807, 2.05) is 0 Å². The van der Waals surface area contributed by atoms with E-state index in [9.17, 15) is 8.78 Å². The number of rotatable bonds is 8. The van der Waals surface area contributed by atoms with Gasteiger partial charge in [-0.25, -0.2) is 8.78 Å². The molecule has 180 valence electrons. The normalized spacial score (nSPS) is 33.2. The Kier molecular flexibility index (Phi) is 9.49. The van der Waals surface area contributed by atoms with Gasteiger partial charge < -0.3 is 10.2 Å². The summed E-state index contributed by atoms with van der Waals surface area (Å²) in [6, 6.07) is 0.778. The molecule has 1 heterocycles. The van der Waals surface area contributed by atoms with E-state index in [1.165, 1.54) is 90.0 Å². The van der Waals surface area contributed by atoms with Crippen LogP contribution in [0.1, 0.15) is 103 Å². The quantitative estimate of drug-likeness (QED) is 0.454. The van der Waals surface area contributed by atoms with Crippen molar-refractivity contribution in [3.8, 4) is 0 Å². The van der Waals surface area contributed by atoms with Crippen molar-refractivity contribution in [1.82, 2.24) is 10.2 Å². The maximum Gasteiger partial charge on any atom is 0.131 e. The molecule has 4 fully saturated rings. The van der Waals surface area contributed by atoms with Crippen LogP contribution in [-0.2, 0) is 0 Å². The van der Waals surface area contributed by atoms with Crippen LogP contribution in [0, 0.1) is 23.7 Å². The van der Waals surface area contributed by atoms with Gasteiger partial charge in [-0.1, -0.05) is 38.5 Å². The Morgan fingerprint density at radius 1 is 0.677 bits per heavy atom. The van der Waals surface area contributed by atoms with E-state index in [0.717, 1.165) is 49.9 Å². The molecule has 1 N–H and O–H groups in total. The second-order valence-electron chi connectivity index (χ2n) is 11.5. The van der Waals surface area contributed by atoms with Crippen LogP contribution in [0.25, 0.3) is 0 Å². The van der Waals surface area contributed by atoms with Crippen molar-refractivity contribution in [3.05, 3.63) is 0 Å². The van der Waals surface area contributed by atoms with Crippen molar-refractivity contribution >= 4 is 0 Å². The van der Waals surface area contributed by atoms with E-state index in [0.29, 0.717) is 18.8 Å². The Balaban J connectivity index is 1.16. The van der Waals surface area contributed by atoms with Crippen molar-refractivity contribution in [2.75, 3.05) is 26.2 Å². The molecule has 0 radical (unpaired) electrons. The maximum atomic E-state index is 13.7. The highest BCUT2D eigenvalue weighted by Gasteiger charge is 2.33. The highest BCUT2D eigenvalue weighted by atomic mass is 19.2. The van der Waals surface area contributed by atoms with Gasteiger partial charge in [-0.15, -0.1) is 0 Å². The lowest BCUT2D eigenvalue weighted by atomic mass is 9.73. The fourth-order valence-corrected chi connectivity index (χ4v) is 7.31. The Morgan fingerprint density at radius 3 is 1.87 bits per heavy atom. The molecule has 0 aromatic rings. The van der Waals surface area contributed by atoms with Gasteiger partial charge in [-0.3, -0.25) is 0 Å². The van der Waals surface area contributed by atoms with E-state index >= 15 is 0 Å². The maximum absolute atomic E-state index is 13.7. The Morgan fingerprint density at radius 2 is 1.29 bits per heavy atom. The van der Waals surface area contributed by atoms with Gasteiger partial charge in [0.25, 0.3) is 0 Å². The van der Waals surface area contributed by atoms with Gasteiger partial charge in [-0.2, -0.15) is 0 Å². The number of hydrogen-bond acceptors (Lipinski definition) is 2. The highest BCUT2D eigenvalue weighted by Crippen LogP contribution is 2.36. The summed E-state index contributed by atoms with van der Waals surface area (Å²) in [6.07, 6.45) is 17.7. The van der Waals surface area contributed by atoms with E-state index in [1.54, 1.807) is 0 Å². The molecule has 0 spiro atoms. The van der Waals surface area contributed by atoms with Crippen LogP contribution >= 0.6 is 0 Å². The minimum atomic E-state index is -1.22. The fraction of sp³-hybridized carbons (Fsp3) is 1.00. The molecule has 1 saturated heterocycles. The Labute approximate surface area is 190 Å². The average Bonchev–Trinajstić information content (AvgIpc) is 2.81. The number of likely N-dealkylation sites (tertiary alicyclic amines) is 1. The molecule has 3 aliphatic carbocycles. The molecule has 31 heavy (non-hydrogen) atoms. The molecule has 2 nitrogen and oxygen atoms in total. The molecule has 3 unspecified atom stereocenters. The fourth-order valence-electron chi connectivity index (χ4n) is 7.31. The zero-order chi connectivity index (χ0) is 21.5. The first kappa shape index (κ1) is 23.9. The third-order valence-corrected chi connectivity index (χ3v) is 9.27. The number of hydrogen-bond donors (Lipinski definition) is 1. The zero-order valence-corrected chi connectivity index (χ0v) is 19.9. The van der Waals surface area contributed by atoms with Gasteiger partial charge in [-0.05, 0) is 108 Å². The van der Waals surface area contributed by atoms with Crippen LogP contribution in [0.5, 0.6) is 0 Å². The summed E-state index contributed by atoms with van der Waals surface area (Å²) in [5.74, 6) is 3.07. The minimum Gasteiger partial charge on any atom is -0.313 e. The summed E-state index contributed by atoms with van der Waals surface area (Å²) >= 11 is 0. The summed E-state index contributed by atoms with van der Waals surface area (Å²) in [5.41, 5.74) is 0. The summed E-state index contributed by atoms with van der Waals surface area (Å²) in [6.45, 7) is 4.51. The molecular weight excluding hydrogens is 390 g/mol. The van der Waals surface area contributed by atoms with E-state index in [2.05, 4.69) is 10.2 Å². The molecular formula is C27H48F2N2. The predicted octanol–water partition coefficient (Wildman–Crippen LogP) is 6.68. The number of nitrogens with zero attached hydrogens (tertiary/aromatic N) is 1.